The molecular formula is C37H39ClN4O5. The SMILES string of the molecule is O=C(O)c1ccc(CC(=O)C2c3cccc(N4CCC(N5CCCC5)CC4)c3CCN2C(=O)C2CC(c3cccc(Cl)c3)=NO2)cc1. The van der Waals surface area contributed by atoms with Gasteiger partial charge in [-0.25, -0.2) is 4.79 Å². The third-order valence-electron chi connectivity index (χ3n) is 10.1. The molecule has 244 valence electrons. The molecule has 2 unspecified atom stereocenters. The number of oxime groups is 1. The molecule has 2 fully saturated rings. The highest BCUT2D eigenvalue weighted by Crippen LogP contribution is 2.39. The number of fused-ring (bicyclic) bond motifs is 1. The van der Waals surface area contributed by atoms with Gasteiger partial charge in [-0.2, -0.15) is 0 Å². The number of carboxylic acids is 1. The van der Waals surface area contributed by atoms with Crippen molar-refractivity contribution in [2.24, 2.45) is 5.16 Å². The van der Waals surface area contributed by atoms with Crippen molar-refractivity contribution in [2.45, 2.75) is 63.1 Å². The molecule has 2 saturated heterocycles. The largest absolute Gasteiger partial charge is 0.478 e. The van der Waals surface area contributed by atoms with E-state index in [2.05, 4.69) is 21.0 Å². The lowest BCUT2D eigenvalue weighted by Crippen LogP contribution is -2.49. The van der Waals surface area contributed by atoms with E-state index >= 15 is 0 Å². The summed E-state index contributed by atoms with van der Waals surface area (Å²) in [5.74, 6) is -1.41. The number of anilines is 1. The van der Waals surface area contributed by atoms with Gasteiger partial charge < -0.3 is 24.6 Å². The molecular weight excluding hydrogens is 616 g/mol. The topological polar surface area (TPSA) is 103 Å². The third-order valence-corrected chi connectivity index (χ3v) is 10.4. The van der Waals surface area contributed by atoms with Crippen molar-refractivity contribution in [2.75, 3.05) is 37.6 Å². The average molecular weight is 655 g/mol. The fourth-order valence-electron chi connectivity index (χ4n) is 7.71. The van der Waals surface area contributed by atoms with Gasteiger partial charge in [0.2, 0.25) is 6.10 Å². The number of hydrogen-bond acceptors (Lipinski definition) is 7. The van der Waals surface area contributed by atoms with Crippen molar-refractivity contribution >= 4 is 40.7 Å². The summed E-state index contributed by atoms with van der Waals surface area (Å²) >= 11 is 6.20. The summed E-state index contributed by atoms with van der Waals surface area (Å²) in [4.78, 5) is 52.3. The number of likely N-dealkylation sites (tertiary alicyclic amines) is 1. The molecule has 9 nitrogen and oxygen atoms in total. The Labute approximate surface area is 279 Å². The van der Waals surface area contributed by atoms with Crippen LogP contribution in [0.2, 0.25) is 5.02 Å². The fourth-order valence-corrected chi connectivity index (χ4v) is 7.90. The van der Waals surface area contributed by atoms with Gasteiger partial charge in [-0.15, -0.1) is 0 Å². The van der Waals surface area contributed by atoms with E-state index in [1.165, 1.54) is 38.1 Å². The van der Waals surface area contributed by atoms with Crippen molar-refractivity contribution < 1.29 is 24.3 Å². The smallest absolute Gasteiger partial charge is 0.335 e. The lowest BCUT2D eigenvalue weighted by molar-refractivity contribution is -0.149. The average Bonchev–Trinajstić information content (AvgIpc) is 3.81. The fraction of sp³-hybridized carbons (Fsp3) is 0.405. The van der Waals surface area contributed by atoms with E-state index in [-0.39, 0.29) is 30.1 Å². The Morgan fingerprint density at radius 3 is 2.38 bits per heavy atom. The highest BCUT2D eigenvalue weighted by Gasteiger charge is 2.42. The molecule has 3 aromatic carbocycles. The number of carboxylic acid groups (broad SMARTS) is 1. The molecule has 3 aromatic rings. The van der Waals surface area contributed by atoms with Crippen LogP contribution in [0.4, 0.5) is 5.69 Å². The number of benzene rings is 3. The summed E-state index contributed by atoms with van der Waals surface area (Å²) in [6.45, 7) is 4.72. The third kappa shape index (κ3) is 6.51. The van der Waals surface area contributed by atoms with E-state index in [1.54, 1.807) is 29.2 Å². The Morgan fingerprint density at radius 2 is 1.66 bits per heavy atom. The second-order valence-electron chi connectivity index (χ2n) is 13.0. The first-order valence-electron chi connectivity index (χ1n) is 16.6. The molecule has 47 heavy (non-hydrogen) atoms. The van der Waals surface area contributed by atoms with Gasteiger partial charge in [-0.3, -0.25) is 9.59 Å². The zero-order valence-electron chi connectivity index (χ0n) is 26.3. The lowest BCUT2D eigenvalue weighted by atomic mass is 9.86. The van der Waals surface area contributed by atoms with Gasteiger partial charge in [-0.1, -0.05) is 53.2 Å². The van der Waals surface area contributed by atoms with Crippen molar-refractivity contribution in [1.29, 1.82) is 0 Å². The number of halogens is 1. The van der Waals surface area contributed by atoms with Gasteiger partial charge in [0.25, 0.3) is 5.91 Å². The second-order valence-corrected chi connectivity index (χ2v) is 13.4. The second kappa shape index (κ2) is 13.5. The normalized spacial score (nSPS) is 21.7. The summed E-state index contributed by atoms with van der Waals surface area (Å²) in [6, 6.07) is 19.6. The first-order chi connectivity index (χ1) is 22.9. The molecule has 0 bridgehead atoms. The van der Waals surface area contributed by atoms with Crippen LogP contribution in [0, 0.1) is 0 Å². The first kappa shape index (κ1) is 31.4. The highest BCUT2D eigenvalue weighted by atomic mass is 35.5. The molecule has 0 radical (unpaired) electrons. The number of carbonyl (C=O) groups is 3. The zero-order chi connectivity index (χ0) is 32.5. The predicted molar refractivity (Wildman–Crippen MR) is 180 cm³/mol. The van der Waals surface area contributed by atoms with Gasteiger partial charge in [0.05, 0.1) is 11.3 Å². The molecule has 0 spiro atoms. The Morgan fingerprint density at radius 1 is 0.915 bits per heavy atom. The summed E-state index contributed by atoms with van der Waals surface area (Å²) in [5, 5.41) is 14.1. The monoisotopic (exact) mass is 654 g/mol. The van der Waals surface area contributed by atoms with Crippen molar-refractivity contribution in [3.63, 3.8) is 0 Å². The van der Waals surface area contributed by atoms with Crippen LogP contribution in [-0.4, -0.2) is 83.1 Å². The Kier molecular flexibility index (Phi) is 9.01. The van der Waals surface area contributed by atoms with E-state index in [4.69, 9.17) is 16.4 Å². The van der Waals surface area contributed by atoms with Crippen molar-refractivity contribution in [3.8, 4) is 0 Å². The maximum Gasteiger partial charge on any atom is 0.335 e. The molecule has 0 aromatic heterocycles. The number of ketones is 1. The standard InChI is InChI=1S/C37H39ClN4O5/c38-27-6-3-5-26(22-27)31-23-34(47-39-31)36(44)42-20-15-29-30(35(42)33(43)21-24-9-11-25(12-10-24)37(45)46)7-4-8-32(29)41-18-13-28(14-19-41)40-16-1-2-17-40/h3-12,22,28,34-35H,1-2,13-21,23H2,(H,45,46). The minimum atomic E-state index is -1.02. The number of rotatable bonds is 8. The number of nitrogens with zero attached hydrogens (tertiary/aromatic N) is 4. The molecule has 0 saturated carbocycles. The van der Waals surface area contributed by atoms with Gasteiger partial charge in [0.15, 0.2) is 5.78 Å². The lowest BCUT2D eigenvalue weighted by Gasteiger charge is -2.42. The molecule has 1 N–H and O–H groups in total. The van der Waals surface area contributed by atoms with Crippen LogP contribution in [-0.2, 0) is 27.3 Å². The number of aromatic carboxylic acids is 1. The Balaban J connectivity index is 1.15. The van der Waals surface area contributed by atoms with Gasteiger partial charge >= 0.3 is 5.97 Å². The molecule has 2 atom stereocenters. The number of piperidine rings is 1. The van der Waals surface area contributed by atoms with Crippen LogP contribution in [0.15, 0.2) is 71.9 Å². The zero-order valence-corrected chi connectivity index (χ0v) is 27.1. The summed E-state index contributed by atoms with van der Waals surface area (Å²) < 4.78 is 0. The maximum atomic E-state index is 14.3. The summed E-state index contributed by atoms with van der Waals surface area (Å²) in [5.41, 5.74) is 5.43. The van der Waals surface area contributed by atoms with Gasteiger partial charge in [-0.05, 0) is 92.2 Å². The number of carbonyl (C=O) groups excluding carboxylic acids is 2. The molecule has 10 heteroatoms. The number of amides is 1. The minimum Gasteiger partial charge on any atom is -0.478 e. The summed E-state index contributed by atoms with van der Waals surface area (Å²) in [7, 11) is 0. The summed E-state index contributed by atoms with van der Waals surface area (Å²) in [6.07, 6.45) is 4.97. The number of Topliss-reactive ketones (excluding diaryl/α,β-unsaturated/α-hetero) is 1. The van der Waals surface area contributed by atoms with Crippen LogP contribution in [0.1, 0.15) is 70.8 Å². The van der Waals surface area contributed by atoms with E-state index in [1.807, 2.05) is 24.3 Å². The minimum absolute atomic E-state index is 0.0645. The van der Waals surface area contributed by atoms with Crippen LogP contribution in [0.5, 0.6) is 0 Å². The highest BCUT2D eigenvalue weighted by molar-refractivity contribution is 6.31. The van der Waals surface area contributed by atoms with Crippen LogP contribution >= 0.6 is 11.6 Å². The van der Waals surface area contributed by atoms with E-state index in [0.717, 1.165) is 48.3 Å². The molecule has 4 aliphatic rings. The molecule has 4 heterocycles. The van der Waals surface area contributed by atoms with Gasteiger partial charge in [0.1, 0.15) is 6.04 Å². The molecule has 1 amide bonds. The maximum absolute atomic E-state index is 14.3. The van der Waals surface area contributed by atoms with Gasteiger partial charge in [0, 0.05) is 54.8 Å². The van der Waals surface area contributed by atoms with E-state index in [9.17, 15) is 19.5 Å². The van der Waals surface area contributed by atoms with Crippen molar-refractivity contribution in [1.82, 2.24) is 9.80 Å². The van der Waals surface area contributed by atoms with E-state index < -0.39 is 18.1 Å². The molecule has 7 rings (SSSR count). The van der Waals surface area contributed by atoms with Crippen molar-refractivity contribution in [3.05, 3.63) is 99.6 Å². The molecule has 4 aliphatic heterocycles. The predicted octanol–water partition coefficient (Wildman–Crippen LogP) is 5.53. The van der Waals surface area contributed by atoms with Crippen LogP contribution in [0.25, 0.3) is 0 Å². The number of hydrogen-bond donors (Lipinski definition) is 1. The molecule has 0 aliphatic carbocycles. The Hall–Kier alpha value is -4.21. The quantitative estimate of drug-likeness (QED) is 0.341. The van der Waals surface area contributed by atoms with E-state index in [0.29, 0.717) is 35.3 Å². The van der Waals surface area contributed by atoms with Crippen LogP contribution in [0.3, 0.4) is 0 Å². The Bertz CT molecular complexity index is 1690. The van der Waals surface area contributed by atoms with Crippen LogP contribution < -0.4 is 4.90 Å². The first-order valence-corrected chi connectivity index (χ1v) is 17.0.